The van der Waals surface area contributed by atoms with Crippen LogP contribution in [0.25, 0.3) is 0 Å². The van der Waals surface area contributed by atoms with Gasteiger partial charge in [0.05, 0.1) is 6.04 Å². The van der Waals surface area contributed by atoms with E-state index in [2.05, 4.69) is 10.6 Å². The fourth-order valence-electron chi connectivity index (χ4n) is 1.55. The quantitative estimate of drug-likeness (QED) is 0.832. The Morgan fingerprint density at radius 2 is 2.12 bits per heavy atom. The molecule has 0 saturated heterocycles. The van der Waals surface area contributed by atoms with E-state index in [1.165, 1.54) is 9.75 Å². The minimum absolute atomic E-state index is 0.136. The van der Waals surface area contributed by atoms with Crippen LogP contribution in [0.2, 0.25) is 0 Å². The molecule has 0 fully saturated rings. The number of imide groups is 1. The highest BCUT2D eigenvalue weighted by atomic mass is 35.5. The molecule has 2 N–H and O–H groups in total. The Hall–Kier alpha value is -1.07. The van der Waals surface area contributed by atoms with Gasteiger partial charge in [-0.2, -0.15) is 0 Å². The predicted octanol–water partition coefficient (Wildman–Crippen LogP) is 2.49. The molecule has 1 rings (SSSR count). The molecule has 17 heavy (non-hydrogen) atoms. The fourth-order valence-corrected chi connectivity index (χ4v) is 2.64. The summed E-state index contributed by atoms with van der Waals surface area (Å²) >= 11 is 6.97. The van der Waals surface area contributed by atoms with Crippen LogP contribution in [0.3, 0.4) is 0 Å². The molecule has 0 spiro atoms. The van der Waals surface area contributed by atoms with Crippen LogP contribution in [0.1, 0.15) is 28.3 Å². The largest absolute Gasteiger partial charge is 0.331 e. The van der Waals surface area contributed by atoms with E-state index < -0.39 is 11.9 Å². The topological polar surface area (TPSA) is 58.2 Å². The summed E-state index contributed by atoms with van der Waals surface area (Å²) in [7, 11) is 0. The van der Waals surface area contributed by atoms with Gasteiger partial charge >= 0.3 is 6.03 Å². The molecule has 1 heterocycles. The Morgan fingerprint density at radius 1 is 1.47 bits per heavy atom. The third-order valence-corrected chi connectivity index (χ3v) is 3.49. The summed E-state index contributed by atoms with van der Waals surface area (Å²) in [5.74, 6) is -0.729. The molecule has 0 saturated carbocycles. The van der Waals surface area contributed by atoms with Crippen molar-refractivity contribution in [1.29, 1.82) is 0 Å². The highest BCUT2D eigenvalue weighted by Gasteiger charge is 2.14. The van der Waals surface area contributed by atoms with Gasteiger partial charge < -0.3 is 5.32 Å². The molecule has 0 bridgehead atoms. The first-order valence-electron chi connectivity index (χ1n) is 5.17. The van der Waals surface area contributed by atoms with Crippen LogP contribution in [-0.4, -0.2) is 17.8 Å². The number of carbonyl (C=O) groups excluding carboxylic acids is 2. The molecule has 6 heteroatoms. The second-order valence-electron chi connectivity index (χ2n) is 3.75. The zero-order valence-corrected chi connectivity index (χ0v) is 11.5. The van der Waals surface area contributed by atoms with Crippen LogP contribution < -0.4 is 10.6 Å². The molecule has 1 unspecified atom stereocenters. The first-order valence-corrected chi connectivity index (χ1v) is 6.52. The lowest BCUT2D eigenvalue weighted by Gasteiger charge is -2.13. The van der Waals surface area contributed by atoms with Gasteiger partial charge in [0.2, 0.25) is 5.91 Å². The van der Waals surface area contributed by atoms with Crippen molar-refractivity contribution in [3.05, 3.63) is 21.4 Å². The Balaban J connectivity index is 2.60. The van der Waals surface area contributed by atoms with Gasteiger partial charge in [0, 0.05) is 9.75 Å². The maximum atomic E-state index is 11.4. The van der Waals surface area contributed by atoms with Gasteiger partial charge in [-0.1, -0.05) is 0 Å². The number of hydrogen-bond acceptors (Lipinski definition) is 3. The maximum absolute atomic E-state index is 11.4. The monoisotopic (exact) mass is 274 g/mol. The Kier molecular flexibility index (Phi) is 4.96. The van der Waals surface area contributed by atoms with Crippen molar-refractivity contribution in [3.63, 3.8) is 0 Å². The molecule has 0 aliphatic rings. The van der Waals surface area contributed by atoms with Gasteiger partial charge in [0.15, 0.2) is 0 Å². The van der Waals surface area contributed by atoms with E-state index >= 15 is 0 Å². The number of halogens is 1. The van der Waals surface area contributed by atoms with E-state index in [-0.39, 0.29) is 11.9 Å². The van der Waals surface area contributed by atoms with Crippen molar-refractivity contribution in [1.82, 2.24) is 10.6 Å². The van der Waals surface area contributed by atoms with Crippen LogP contribution in [-0.2, 0) is 4.79 Å². The van der Waals surface area contributed by atoms with Gasteiger partial charge in [0.1, 0.15) is 5.88 Å². The average molecular weight is 275 g/mol. The predicted molar refractivity (Wildman–Crippen MR) is 69.6 cm³/mol. The number of thiophene rings is 1. The summed E-state index contributed by atoms with van der Waals surface area (Å²) in [6, 6.07) is 1.38. The minimum atomic E-state index is -0.522. The third-order valence-electron chi connectivity index (χ3n) is 2.27. The molecule has 0 aliphatic heterocycles. The summed E-state index contributed by atoms with van der Waals surface area (Å²) in [5.41, 5.74) is 1.07. The van der Waals surface area contributed by atoms with Crippen LogP contribution in [0.15, 0.2) is 6.07 Å². The van der Waals surface area contributed by atoms with Crippen molar-refractivity contribution in [2.45, 2.75) is 26.8 Å². The molecule has 3 amide bonds. The molecule has 4 nitrogen and oxygen atoms in total. The SMILES string of the molecule is Cc1cc(C(C)NC(=O)NC(=O)CCl)c(C)s1. The number of rotatable bonds is 3. The van der Waals surface area contributed by atoms with Crippen molar-refractivity contribution in [2.24, 2.45) is 0 Å². The van der Waals surface area contributed by atoms with Gasteiger partial charge in [0.25, 0.3) is 0 Å². The summed E-state index contributed by atoms with van der Waals surface area (Å²) in [5, 5.41) is 4.83. The van der Waals surface area contributed by atoms with Crippen LogP contribution in [0.4, 0.5) is 4.79 Å². The highest BCUT2D eigenvalue weighted by Crippen LogP contribution is 2.25. The number of urea groups is 1. The van der Waals surface area contributed by atoms with Crippen molar-refractivity contribution in [2.75, 3.05) is 5.88 Å². The molecule has 1 aromatic heterocycles. The van der Waals surface area contributed by atoms with Crippen molar-refractivity contribution in [3.8, 4) is 0 Å². The number of nitrogens with one attached hydrogen (secondary N) is 2. The number of amides is 3. The van der Waals surface area contributed by atoms with E-state index in [0.717, 1.165) is 5.56 Å². The molecular formula is C11H15ClN2O2S. The molecule has 0 aromatic carbocycles. The van der Waals surface area contributed by atoms with Crippen LogP contribution >= 0.6 is 22.9 Å². The Morgan fingerprint density at radius 3 is 2.59 bits per heavy atom. The maximum Gasteiger partial charge on any atom is 0.321 e. The van der Waals surface area contributed by atoms with E-state index in [4.69, 9.17) is 11.6 Å². The molecule has 1 aromatic rings. The van der Waals surface area contributed by atoms with Gasteiger partial charge in [-0.25, -0.2) is 4.79 Å². The molecule has 0 aliphatic carbocycles. The van der Waals surface area contributed by atoms with Crippen molar-refractivity contribution >= 4 is 34.9 Å². The van der Waals surface area contributed by atoms with Gasteiger partial charge in [-0.15, -0.1) is 22.9 Å². The van der Waals surface area contributed by atoms with E-state index in [1.807, 2.05) is 26.8 Å². The van der Waals surface area contributed by atoms with Gasteiger partial charge in [-0.3, -0.25) is 10.1 Å². The summed E-state index contributed by atoms with van der Waals surface area (Å²) in [6.07, 6.45) is 0. The standard InChI is InChI=1S/C11H15ClN2O2S/c1-6-4-9(8(3)17-6)7(2)13-11(16)14-10(15)5-12/h4,7H,5H2,1-3H3,(H2,13,14,15,16). The van der Waals surface area contributed by atoms with E-state index in [1.54, 1.807) is 11.3 Å². The smallest absolute Gasteiger partial charge is 0.321 e. The third kappa shape index (κ3) is 4.02. The summed E-state index contributed by atoms with van der Waals surface area (Å²) in [6.45, 7) is 5.90. The van der Waals surface area contributed by atoms with Crippen LogP contribution in [0, 0.1) is 13.8 Å². The molecule has 0 radical (unpaired) electrons. The summed E-state index contributed by atoms with van der Waals surface area (Å²) in [4.78, 5) is 24.7. The number of aryl methyl sites for hydroxylation is 2. The lowest BCUT2D eigenvalue weighted by molar-refractivity contribution is -0.117. The Labute approximate surface area is 109 Å². The lowest BCUT2D eigenvalue weighted by atomic mass is 10.1. The van der Waals surface area contributed by atoms with Crippen molar-refractivity contribution < 1.29 is 9.59 Å². The fraction of sp³-hybridized carbons (Fsp3) is 0.455. The zero-order chi connectivity index (χ0) is 13.0. The lowest BCUT2D eigenvalue weighted by Crippen LogP contribution is -2.41. The highest BCUT2D eigenvalue weighted by molar-refractivity contribution is 7.12. The second-order valence-corrected chi connectivity index (χ2v) is 5.47. The first kappa shape index (κ1) is 14.0. The first-order chi connectivity index (χ1) is 7.93. The second kappa shape index (κ2) is 6.02. The number of alkyl halides is 1. The molecular weight excluding hydrogens is 260 g/mol. The number of hydrogen-bond donors (Lipinski definition) is 2. The van der Waals surface area contributed by atoms with E-state index in [0.29, 0.717) is 0 Å². The van der Waals surface area contributed by atoms with E-state index in [9.17, 15) is 9.59 Å². The average Bonchev–Trinajstić information content (AvgIpc) is 2.57. The normalized spacial score (nSPS) is 12.0. The molecule has 1 atom stereocenters. The minimum Gasteiger partial charge on any atom is -0.331 e. The van der Waals surface area contributed by atoms with Crippen LogP contribution in [0.5, 0.6) is 0 Å². The summed E-state index contributed by atoms with van der Waals surface area (Å²) < 4.78 is 0. The number of carbonyl (C=O) groups is 2. The Bertz CT molecular complexity index is 431. The molecule has 94 valence electrons. The zero-order valence-electron chi connectivity index (χ0n) is 9.96. The van der Waals surface area contributed by atoms with Gasteiger partial charge in [-0.05, 0) is 32.4 Å².